The van der Waals surface area contributed by atoms with Crippen molar-refractivity contribution >= 4 is 5.91 Å². The number of aromatic nitrogens is 1. The van der Waals surface area contributed by atoms with Gasteiger partial charge >= 0.3 is 0 Å². The van der Waals surface area contributed by atoms with Crippen LogP contribution >= 0.6 is 0 Å². The van der Waals surface area contributed by atoms with Gasteiger partial charge in [0.2, 0.25) is 0 Å². The largest absolute Gasteiger partial charge is 0.396 e. The van der Waals surface area contributed by atoms with Gasteiger partial charge in [-0.2, -0.15) is 0 Å². The highest BCUT2D eigenvalue weighted by Gasteiger charge is 2.22. The Morgan fingerprint density at radius 2 is 2.25 bits per heavy atom. The fourth-order valence-corrected chi connectivity index (χ4v) is 2.08. The van der Waals surface area contributed by atoms with Gasteiger partial charge in [-0.25, -0.2) is 0 Å². The van der Waals surface area contributed by atoms with Crippen LogP contribution in [-0.4, -0.2) is 28.8 Å². The number of nitrogens with zero attached hydrogens (tertiary/aromatic N) is 1. The van der Waals surface area contributed by atoms with Gasteiger partial charge < -0.3 is 14.9 Å². The van der Waals surface area contributed by atoms with Gasteiger partial charge in [-0.1, -0.05) is 5.16 Å². The lowest BCUT2D eigenvalue weighted by atomic mass is 9.86. The second-order valence-corrected chi connectivity index (χ2v) is 4.26. The highest BCUT2D eigenvalue weighted by molar-refractivity contribution is 5.92. The molecule has 0 aliphatic heterocycles. The van der Waals surface area contributed by atoms with E-state index in [0.717, 1.165) is 25.7 Å². The molecule has 16 heavy (non-hydrogen) atoms. The summed E-state index contributed by atoms with van der Waals surface area (Å²) in [6.45, 7) is 0.254. The monoisotopic (exact) mass is 224 g/mol. The fourth-order valence-electron chi connectivity index (χ4n) is 2.08. The number of aliphatic hydroxyl groups is 1. The minimum Gasteiger partial charge on any atom is -0.396 e. The van der Waals surface area contributed by atoms with E-state index in [0.29, 0.717) is 11.6 Å². The first kappa shape index (κ1) is 11.1. The average Bonchev–Trinajstić information content (AvgIpc) is 2.83. The first-order valence-corrected chi connectivity index (χ1v) is 5.61. The minimum atomic E-state index is -0.179. The van der Waals surface area contributed by atoms with Crippen molar-refractivity contribution in [1.29, 1.82) is 0 Å². The molecule has 1 aromatic rings. The van der Waals surface area contributed by atoms with Gasteiger partial charge in [0, 0.05) is 18.7 Å². The zero-order valence-corrected chi connectivity index (χ0v) is 9.06. The molecule has 0 unspecified atom stereocenters. The highest BCUT2D eigenvalue weighted by Crippen LogP contribution is 2.23. The Morgan fingerprint density at radius 3 is 2.81 bits per heavy atom. The van der Waals surface area contributed by atoms with E-state index in [2.05, 4.69) is 15.0 Å². The van der Waals surface area contributed by atoms with Crippen LogP contribution in [0.1, 0.15) is 36.2 Å². The summed E-state index contributed by atoms with van der Waals surface area (Å²) in [6.07, 6.45) is 5.18. The molecule has 1 amide bonds. The number of carbonyl (C=O) groups excluding carboxylic acids is 1. The van der Waals surface area contributed by atoms with E-state index in [1.54, 1.807) is 6.07 Å². The van der Waals surface area contributed by atoms with Gasteiger partial charge in [0.05, 0.1) is 0 Å². The number of nitrogens with one attached hydrogen (secondary N) is 1. The van der Waals surface area contributed by atoms with Crippen LogP contribution in [0, 0.1) is 5.92 Å². The van der Waals surface area contributed by atoms with Gasteiger partial charge in [0.15, 0.2) is 5.69 Å². The summed E-state index contributed by atoms with van der Waals surface area (Å²) in [5.41, 5.74) is 0.323. The van der Waals surface area contributed by atoms with Crippen LogP contribution in [-0.2, 0) is 0 Å². The Kier molecular flexibility index (Phi) is 3.56. The normalized spacial score (nSPS) is 25.3. The summed E-state index contributed by atoms with van der Waals surface area (Å²) in [6, 6.07) is 1.75. The maximum Gasteiger partial charge on any atom is 0.273 e. The van der Waals surface area contributed by atoms with Crippen LogP contribution in [0.3, 0.4) is 0 Å². The molecule has 1 heterocycles. The SMILES string of the molecule is O=C(NC1CCC(CO)CC1)c1ccon1. The Balaban J connectivity index is 1.81. The number of hydrogen-bond acceptors (Lipinski definition) is 4. The Bertz CT molecular complexity index is 329. The summed E-state index contributed by atoms with van der Waals surface area (Å²) in [5.74, 6) is 0.224. The van der Waals surface area contributed by atoms with Gasteiger partial charge in [0.25, 0.3) is 5.91 Å². The molecular weight excluding hydrogens is 208 g/mol. The molecule has 88 valence electrons. The molecule has 1 saturated carbocycles. The smallest absolute Gasteiger partial charge is 0.273 e. The van der Waals surface area contributed by atoms with Crippen molar-refractivity contribution in [2.24, 2.45) is 5.92 Å². The van der Waals surface area contributed by atoms with E-state index in [9.17, 15) is 4.79 Å². The van der Waals surface area contributed by atoms with Crippen molar-refractivity contribution in [3.8, 4) is 0 Å². The number of rotatable bonds is 3. The molecule has 2 N–H and O–H groups in total. The molecule has 0 aromatic carbocycles. The highest BCUT2D eigenvalue weighted by atomic mass is 16.5. The molecule has 0 radical (unpaired) electrons. The molecule has 2 rings (SSSR count). The fraction of sp³-hybridized carbons (Fsp3) is 0.636. The summed E-state index contributed by atoms with van der Waals surface area (Å²) in [4.78, 5) is 11.6. The number of amides is 1. The third-order valence-electron chi connectivity index (χ3n) is 3.11. The van der Waals surface area contributed by atoms with E-state index >= 15 is 0 Å². The van der Waals surface area contributed by atoms with Gasteiger partial charge in [0.1, 0.15) is 6.26 Å². The zero-order valence-electron chi connectivity index (χ0n) is 9.06. The van der Waals surface area contributed by atoms with Gasteiger partial charge in [-0.15, -0.1) is 0 Å². The van der Waals surface area contributed by atoms with E-state index in [-0.39, 0.29) is 18.6 Å². The predicted octanol–water partition coefficient (Wildman–Crippen LogP) is 0.955. The van der Waals surface area contributed by atoms with Crippen LogP contribution < -0.4 is 5.32 Å². The minimum absolute atomic E-state index is 0.179. The van der Waals surface area contributed by atoms with Crippen molar-refractivity contribution in [3.05, 3.63) is 18.0 Å². The molecule has 5 nitrogen and oxygen atoms in total. The Hall–Kier alpha value is -1.36. The molecule has 0 atom stereocenters. The van der Waals surface area contributed by atoms with Crippen LogP contribution in [0.25, 0.3) is 0 Å². The topological polar surface area (TPSA) is 75.4 Å². The Labute approximate surface area is 93.8 Å². The van der Waals surface area contributed by atoms with E-state index < -0.39 is 0 Å². The molecule has 0 saturated heterocycles. The molecule has 1 aliphatic rings. The van der Waals surface area contributed by atoms with Crippen LogP contribution in [0.2, 0.25) is 0 Å². The van der Waals surface area contributed by atoms with Crippen molar-refractivity contribution in [2.45, 2.75) is 31.7 Å². The Morgan fingerprint density at radius 1 is 1.50 bits per heavy atom. The summed E-state index contributed by atoms with van der Waals surface area (Å²) >= 11 is 0. The van der Waals surface area contributed by atoms with Crippen LogP contribution in [0.15, 0.2) is 16.9 Å². The lowest BCUT2D eigenvalue weighted by molar-refractivity contribution is 0.0905. The second kappa shape index (κ2) is 5.12. The van der Waals surface area contributed by atoms with Crippen LogP contribution in [0.5, 0.6) is 0 Å². The van der Waals surface area contributed by atoms with E-state index in [1.807, 2.05) is 0 Å². The summed E-state index contributed by atoms with van der Waals surface area (Å²) in [5, 5.41) is 15.5. The molecular formula is C11H16N2O3. The molecule has 1 aromatic heterocycles. The van der Waals surface area contributed by atoms with E-state index in [4.69, 9.17) is 5.11 Å². The van der Waals surface area contributed by atoms with Gasteiger partial charge in [-0.05, 0) is 31.6 Å². The van der Waals surface area contributed by atoms with Gasteiger partial charge in [-0.3, -0.25) is 4.79 Å². The second-order valence-electron chi connectivity index (χ2n) is 4.26. The maximum absolute atomic E-state index is 11.6. The maximum atomic E-state index is 11.6. The predicted molar refractivity (Wildman–Crippen MR) is 56.8 cm³/mol. The first-order chi connectivity index (χ1) is 7.79. The van der Waals surface area contributed by atoms with Crippen molar-refractivity contribution in [1.82, 2.24) is 10.5 Å². The van der Waals surface area contributed by atoms with Crippen molar-refractivity contribution in [3.63, 3.8) is 0 Å². The molecule has 1 fully saturated rings. The first-order valence-electron chi connectivity index (χ1n) is 5.61. The number of aliphatic hydroxyl groups excluding tert-OH is 1. The molecule has 0 bridgehead atoms. The van der Waals surface area contributed by atoms with E-state index in [1.165, 1.54) is 6.26 Å². The average molecular weight is 224 g/mol. The molecule has 5 heteroatoms. The summed E-state index contributed by atoms with van der Waals surface area (Å²) in [7, 11) is 0. The molecule has 1 aliphatic carbocycles. The lowest BCUT2D eigenvalue weighted by Gasteiger charge is -2.27. The third kappa shape index (κ3) is 2.61. The lowest BCUT2D eigenvalue weighted by Crippen LogP contribution is -2.38. The van der Waals surface area contributed by atoms with Crippen LogP contribution in [0.4, 0.5) is 0 Å². The van der Waals surface area contributed by atoms with Crippen molar-refractivity contribution < 1.29 is 14.4 Å². The third-order valence-corrected chi connectivity index (χ3v) is 3.11. The number of carbonyl (C=O) groups is 1. The standard InChI is InChI=1S/C11H16N2O3/c14-7-8-1-3-9(4-2-8)12-11(15)10-5-6-16-13-10/h5-6,8-9,14H,1-4,7H2,(H,12,15). The summed E-state index contributed by atoms with van der Waals surface area (Å²) < 4.78 is 4.62. The quantitative estimate of drug-likeness (QED) is 0.801. The molecule has 0 spiro atoms. The number of hydrogen-bond donors (Lipinski definition) is 2. The zero-order chi connectivity index (χ0) is 11.4. The van der Waals surface area contributed by atoms with Crippen molar-refractivity contribution in [2.75, 3.05) is 6.61 Å².